The van der Waals surface area contributed by atoms with E-state index in [0.717, 1.165) is 16.9 Å². The molecule has 4 heteroatoms. The molecule has 96 valence electrons. The van der Waals surface area contributed by atoms with Crippen LogP contribution in [0, 0.1) is 11.3 Å². The van der Waals surface area contributed by atoms with Crippen LogP contribution >= 0.6 is 11.6 Å². The van der Waals surface area contributed by atoms with E-state index in [1.807, 2.05) is 30.1 Å². The number of halogens is 1. The first kappa shape index (κ1) is 13.4. The molecule has 3 nitrogen and oxygen atoms in total. The van der Waals surface area contributed by atoms with Crippen LogP contribution in [-0.4, -0.2) is 12.2 Å². The summed E-state index contributed by atoms with van der Waals surface area (Å²) in [4.78, 5) is 1.92. The van der Waals surface area contributed by atoms with Crippen molar-refractivity contribution < 1.29 is 5.11 Å². The zero-order chi connectivity index (χ0) is 13.8. The summed E-state index contributed by atoms with van der Waals surface area (Å²) >= 11 is 5.92. The van der Waals surface area contributed by atoms with Crippen molar-refractivity contribution in [3.8, 4) is 6.07 Å². The molecule has 0 radical (unpaired) electrons. The number of nitrogens with zero attached hydrogens (tertiary/aromatic N) is 2. The molecule has 0 saturated heterocycles. The van der Waals surface area contributed by atoms with Crippen molar-refractivity contribution in [3.05, 3.63) is 58.6 Å². The molecule has 0 bridgehead atoms. The van der Waals surface area contributed by atoms with Gasteiger partial charge in [-0.25, -0.2) is 0 Å². The molecule has 0 fully saturated rings. The Morgan fingerprint density at radius 2 is 2.05 bits per heavy atom. The Morgan fingerprint density at radius 1 is 1.26 bits per heavy atom. The van der Waals surface area contributed by atoms with Crippen LogP contribution in [0.15, 0.2) is 42.5 Å². The second kappa shape index (κ2) is 5.75. The first-order valence-electron chi connectivity index (χ1n) is 5.79. The average Bonchev–Trinajstić information content (AvgIpc) is 2.46. The molecule has 2 rings (SSSR count). The van der Waals surface area contributed by atoms with Crippen molar-refractivity contribution in [3.63, 3.8) is 0 Å². The Kier molecular flexibility index (Phi) is 4.06. The summed E-state index contributed by atoms with van der Waals surface area (Å²) in [6, 6.07) is 14.8. The Balaban J connectivity index is 2.43. The van der Waals surface area contributed by atoms with Crippen molar-refractivity contribution in [2.24, 2.45) is 0 Å². The summed E-state index contributed by atoms with van der Waals surface area (Å²) in [5.41, 5.74) is 3.10. The first-order valence-corrected chi connectivity index (χ1v) is 6.16. The zero-order valence-electron chi connectivity index (χ0n) is 10.5. The van der Waals surface area contributed by atoms with Crippen LogP contribution in [0.5, 0.6) is 0 Å². The number of benzene rings is 2. The molecule has 0 spiro atoms. The molecule has 0 saturated carbocycles. The van der Waals surface area contributed by atoms with Crippen LogP contribution in [0.2, 0.25) is 5.02 Å². The Labute approximate surface area is 117 Å². The van der Waals surface area contributed by atoms with Crippen LogP contribution in [-0.2, 0) is 6.61 Å². The van der Waals surface area contributed by atoms with Crippen LogP contribution in [0.3, 0.4) is 0 Å². The van der Waals surface area contributed by atoms with Gasteiger partial charge in [0.1, 0.15) is 0 Å². The van der Waals surface area contributed by atoms with Crippen molar-refractivity contribution in [2.75, 3.05) is 11.9 Å². The van der Waals surface area contributed by atoms with Crippen LogP contribution in [0.25, 0.3) is 0 Å². The lowest BCUT2D eigenvalue weighted by molar-refractivity contribution is 0.282. The number of hydrogen-bond acceptors (Lipinski definition) is 3. The van der Waals surface area contributed by atoms with E-state index in [0.29, 0.717) is 10.6 Å². The van der Waals surface area contributed by atoms with E-state index < -0.39 is 0 Å². The van der Waals surface area contributed by atoms with Crippen molar-refractivity contribution in [1.29, 1.82) is 5.26 Å². The van der Waals surface area contributed by atoms with Gasteiger partial charge in [-0.2, -0.15) is 5.26 Å². The molecule has 19 heavy (non-hydrogen) atoms. The maximum absolute atomic E-state index is 9.40. The standard InChI is InChI=1S/C15H13ClN2O/c1-18(14-4-2-3-11(7-14)9-17)15-6-5-13(16)8-12(15)10-19/h2-8,19H,10H2,1H3. The van der Waals surface area contributed by atoms with Gasteiger partial charge in [0.2, 0.25) is 0 Å². The van der Waals surface area contributed by atoms with Crippen LogP contribution in [0.4, 0.5) is 11.4 Å². The lowest BCUT2D eigenvalue weighted by Crippen LogP contribution is -2.12. The van der Waals surface area contributed by atoms with E-state index in [2.05, 4.69) is 6.07 Å². The number of rotatable bonds is 3. The molecule has 0 aliphatic carbocycles. The molecule has 1 N–H and O–H groups in total. The van der Waals surface area contributed by atoms with E-state index in [-0.39, 0.29) is 6.61 Å². The minimum Gasteiger partial charge on any atom is -0.392 e. The van der Waals surface area contributed by atoms with E-state index in [4.69, 9.17) is 16.9 Å². The highest BCUT2D eigenvalue weighted by molar-refractivity contribution is 6.30. The summed E-state index contributed by atoms with van der Waals surface area (Å²) < 4.78 is 0. The molecule has 0 aliphatic heterocycles. The molecule has 0 aliphatic rings. The highest BCUT2D eigenvalue weighted by Gasteiger charge is 2.10. The van der Waals surface area contributed by atoms with Gasteiger partial charge in [-0.05, 0) is 36.4 Å². The van der Waals surface area contributed by atoms with Gasteiger partial charge in [0.25, 0.3) is 0 Å². The average molecular weight is 273 g/mol. The fourth-order valence-electron chi connectivity index (χ4n) is 1.93. The predicted octanol–water partition coefficient (Wildman–Crippen LogP) is 3.47. The minimum absolute atomic E-state index is 0.0851. The van der Waals surface area contributed by atoms with Gasteiger partial charge in [-0.3, -0.25) is 0 Å². The molecule has 2 aromatic rings. The molecular formula is C15H13ClN2O. The monoisotopic (exact) mass is 272 g/mol. The molecular weight excluding hydrogens is 260 g/mol. The van der Waals surface area contributed by atoms with Crippen LogP contribution < -0.4 is 4.90 Å². The third-order valence-electron chi connectivity index (χ3n) is 2.94. The molecule has 0 unspecified atom stereocenters. The number of hydrogen-bond donors (Lipinski definition) is 1. The first-order chi connectivity index (χ1) is 9.15. The lowest BCUT2D eigenvalue weighted by atomic mass is 10.1. The van der Waals surface area contributed by atoms with Gasteiger partial charge in [-0.15, -0.1) is 0 Å². The largest absolute Gasteiger partial charge is 0.392 e. The summed E-state index contributed by atoms with van der Waals surface area (Å²) in [7, 11) is 1.89. The Morgan fingerprint density at radius 3 is 2.74 bits per heavy atom. The highest BCUT2D eigenvalue weighted by atomic mass is 35.5. The van der Waals surface area contributed by atoms with Crippen molar-refractivity contribution in [2.45, 2.75) is 6.61 Å². The van der Waals surface area contributed by atoms with Crippen molar-refractivity contribution in [1.82, 2.24) is 0 Å². The van der Waals surface area contributed by atoms with E-state index >= 15 is 0 Å². The number of anilines is 2. The molecule has 2 aromatic carbocycles. The maximum atomic E-state index is 9.40. The second-order valence-corrected chi connectivity index (χ2v) is 4.59. The number of nitriles is 1. The number of aliphatic hydroxyl groups is 1. The minimum atomic E-state index is -0.0851. The van der Waals surface area contributed by atoms with Crippen molar-refractivity contribution >= 4 is 23.0 Å². The van der Waals surface area contributed by atoms with Gasteiger partial charge >= 0.3 is 0 Å². The normalized spacial score (nSPS) is 10.0. The second-order valence-electron chi connectivity index (χ2n) is 4.15. The number of aliphatic hydroxyl groups excluding tert-OH is 1. The Bertz CT molecular complexity index is 634. The van der Waals surface area contributed by atoms with E-state index in [1.54, 1.807) is 24.3 Å². The highest BCUT2D eigenvalue weighted by Crippen LogP contribution is 2.29. The van der Waals surface area contributed by atoms with Crippen LogP contribution in [0.1, 0.15) is 11.1 Å². The zero-order valence-corrected chi connectivity index (χ0v) is 11.2. The summed E-state index contributed by atoms with van der Waals surface area (Å²) in [5.74, 6) is 0. The van der Waals surface area contributed by atoms with Gasteiger partial charge in [0, 0.05) is 29.0 Å². The summed E-state index contributed by atoms with van der Waals surface area (Å²) in [5, 5.41) is 18.9. The fraction of sp³-hybridized carbons (Fsp3) is 0.133. The third kappa shape index (κ3) is 2.87. The van der Waals surface area contributed by atoms with Gasteiger partial charge < -0.3 is 10.0 Å². The summed E-state index contributed by atoms with van der Waals surface area (Å²) in [6.07, 6.45) is 0. The van der Waals surface area contributed by atoms with E-state index in [1.165, 1.54) is 0 Å². The van der Waals surface area contributed by atoms with Gasteiger partial charge in [0.15, 0.2) is 0 Å². The maximum Gasteiger partial charge on any atom is 0.0992 e. The molecule has 0 aromatic heterocycles. The summed E-state index contributed by atoms with van der Waals surface area (Å²) in [6.45, 7) is -0.0851. The lowest BCUT2D eigenvalue weighted by Gasteiger charge is -2.22. The van der Waals surface area contributed by atoms with Gasteiger partial charge in [-0.1, -0.05) is 17.7 Å². The molecule has 0 heterocycles. The smallest absolute Gasteiger partial charge is 0.0992 e. The Hall–Kier alpha value is -2.02. The topological polar surface area (TPSA) is 47.3 Å². The fourth-order valence-corrected chi connectivity index (χ4v) is 2.13. The molecule has 0 amide bonds. The third-order valence-corrected chi connectivity index (χ3v) is 3.17. The van der Waals surface area contributed by atoms with Gasteiger partial charge in [0.05, 0.1) is 18.2 Å². The SMILES string of the molecule is CN(c1cccc(C#N)c1)c1ccc(Cl)cc1CO. The molecule has 0 atom stereocenters. The predicted molar refractivity (Wildman–Crippen MR) is 76.6 cm³/mol. The van der Waals surface area contributed by atoms with E-state index in [9.17, 15) is 5.11 Å². The quantitative estimate of drug-likeness (QED) is 0.931.